The fraction of sp³-hybridized carbons (Fsp3) is 0.818. The molecule has 0 unspecified atom stereocenters. The molecule has 15 heavy (non-hydrogen) atoms. The van der Waals surface area contributed by atoms with Crippen LogP contribution in [0, 0.1) is 0 Å². The molecule has 0 aliphatic carbocycles. The van der Waals surface area contributed by atoms with Crippen LogP contribution in [0.3, 0.4) is 0 Å². The molecule has 0 aromatic carbocycles. The van der Waals surface area contributed by atoms with E-state index in [1.165, 1.54) is 13.8 Å². The first-order valence-electron chi connectivity index (χ1n) is 5.04. The van der Waals surface area contributed by atoms with Crippen molar-refractivity contribution in [1.29, 1.82) is 0 Å². The van der Waals surface area contributed by atoms with Crippen LogP contribution in [0.15, 0.2) is 0 Å². The summed E-state index contributed by atoms with van der Waals surface area (Å²) in [7, 11) is 0. The van der Waals surface area contributed by atoms with Gasteiger partial charge in [-0.2, -0.15) is 0 Å². The van der Waals surface area contributed by atoms with Gasteiger partial charge in [0.15, 0.2) is 0 Å². The quantitative estimate of drug-likeness (QED) is 0.677. The van der Waals surface area contributed by atoms with Crippen molar-refractivity contribution in [2.75, 3.05) is 0 Å². The van der Waals surface area contributed by atoms with Crippen LogP contribution in [-0.4, -0.2) is 23.1 Å². The Labute approximate surface area is 90.9 Å². The Kier molecular flexibility index (Phi) is 4.31. The largest absolute Gasteiger partial charge is 0.457 e. The van der Waals surface area contributed by atoms with Crippen LogP contribution in [0.2, 0.25) is 0 Å². The maximum Gasteiger partial charge on any atom is 0.350 e. The van der Waals surface area contributed by atoms with Crippen molar-refractivity contribution >= 4 is 11.9 Å². The molecule has 88 valence electrons. The minimum atomic E-state index is -1.22. The molecule has 0 N–H and O–H groups in total. The summed E-state index contributed by atoms with van der Waals surface area (Å²) in [6.45, 7) is 10.0. The van der Waals surface area contributed by atoms with Crippen LogP contribution < -0.4 is 0 Å². The molecule has 4 heteroatoms. The zero-order chi connectivity index (χ0) is 12.3. The molecule has 0 aromatic rings. The number of carbonyl (C=O) groups excluding carboxylic acids is 2. The lowest BCUT2D eigenvalue weighted by atomic mass is 10.1. The van der Waals surface area contributed by atoms with Gasteiger partial charge >= 0.3 is 11.9 Å². The molecule has 0 fully saturated rings. The van der Waals surface area contributed by atoms with Gasteiger partial charge in [0.2, 0.25) is 5.60 Å². The molecule has 0 radical (unpaired) electrons. The third-order valence-electron chi connectivity index (χ3n) is 1.55. The van der Waals surface area contributed by atoms with Gasteiger partial charge in [-0.1, -0.05) is 6.92 Å². The molecule has 0 aliphatic heterocycles. The average molecular weight is 216 g/mol. The van der Waals surface area contributed by atoms with Crippen LogP contribution in [-0.2, 0) is 19.1 Å². The van der Waals surface area contributed by atoms with Crippen molar-refractivity contribution < 1.29 is 19.1 Å². The van der Waals surface area contributed by atoms with Crippen molar-refractivity contribution in [3.8, 4) is 0 Å². The van der Waals surface area contributed by atoms with Crippen LogP contribution in [0.5, 0.6) is 0 Å². The van der Waals surface area contributed by atoms with E-state index in [9.17, 15) is 9.59 Å². The minimum Gasteiger partial charge on any atom is -0.457 e. The van der Waals surface area contributed by atoms with Gasteiger partial charge in [-0.15, -0.1) is 0 Å². The smallest absolute Gasteiger partial charge is 0.350 e. The molecule has 0 saturated carbocycles. The number of carbonyl (C=O) groups is 2. The molecule has 0 aliphatic rings. The van der Waals surface area contributed by atoms with E-state index in [1.54, 1.807) is 27.7 Å². The SMILES string of the molecule is CCC(=O)OC(C)(C)C(=O)OC(C)(C)C. The molecule has 4 nitrogen and oxygen atoms in total. The van der Waals surface area contributed by atoms with Crippen molar-refractivity contribution in [2.45, 2.75) is 59.2 Å². The highest BCUT2D eigenvalue weighted by molar-refractivity contribution is 5.82. The van der Waals surface area contributed by atoms with E-state index in [0.29, 0.717) is 0 Å². The van der Waals surface area contributed by atoms with Crippen LogP contribution in [0.1, 0.15) is 48.0 Å². The second kappa shape index (κ2) is 4.64. The maximum absolute atomic E-state index is 11.6. The molecule has 0 saturated heterocycles. The van der Waals surface area contributed by atoms with Gasteiger partial charge in [0.25, 0.3) is 0 Å². The number of esters is 2. The molecule has 0 spiro atoms. The predicted octanol–water partition coefficient (Wildman–Crippen LogP) is 2.06. The molecule has 0 atom stereocenters. The highest BCUT2D eigenvalue weighted by atomic mass is 16.6. The second-order valence-electron chi connectivity index (χ2n) is 4.84. The van der Waals surface area contributed by atoms with Crippen molar-refractivity contribution in [3.05, 3.63) is 0 Å². The number of rotatable bonds is 3. The van der Waals surface area contributed by atoms with E-state index in [1.807, 2.05) is 0 Å². The van der Waals surface area contributed by atoms with Gasteiger partial charge in [0, 0.05) is 6.42 Å². The van der Waals surface area contributed by atoms with Crippen LogP contribution in [0.4, 0.5) is 0 Å². The summed E-state index contributed by atoms with van der Waals surface area (Å²) in [5, 5.41) is 0. The molecule has 0 amide bonds. The van der Waals surface area contributed by atoms with Gasteiger partial charge in [0.05, 0.1) is 0 Å². The summed E-state index contributed by atoms with van der Waals surface area (Å²) in [5.74, 6) is -0.942. The second-order valence-corrected chi connectivity index (χ2v) is 4.84. The van der Waals surface area contributed by atoms with Crippen molar-refractivity contribution in [2.24, 2.45) is 0 Å². The first kappa shape index (κ1) is 13.9. The summed E-state index contributed by atoms with van der Waals surface area (Å²) in [6, 6.07) is 0. The highest BCUT2D eigenvalue weighted by Gasteiger charge is 2.35. The summed E-state index contributed by atoms with van der Waals surface area (Å²) < 4.78 is 10.1. The highest BCUT2D eigenvalue weighted by Crippen LogP contribution is 2.17. The molecule has 0 bridgehead atoms. The topological polar surface area (TPSA) is 52.6 Å². The van der Waals surface area contributed by atoms with Gasteiger partial charge in [0.1, 0.15) is 5.60 Å². The number of hydrogen-bond acceptors (Lipinski definition) is 4. The zero-order valence-electron chi connectivity index (χ0n) is 10.3. The van der Waals surface area contributed by atoms with Gasteiger partial charge < -0.3 is 9.47 Å². The fourth-order valence-corrected chi connectivity index (χ4v) is 0.799. The van der Waals surface area contributed by atoms with E-state index in [2.05, 4.69) is 0 Å². The number of ether oxygens (including phenoxy) is 2. The molecule has 0 heterocycles. The Morgan fingerprint density at radius 3 is 1.80 bits per heavy atom. The van der Waals surface area contributed by atoms with E-state index in [0.717, 1.165) is 0 Å². The average Bonchev–Trinajstić information content (AvgIpc) is 2.00. The van der Waals surface area contributed by atoms with E-state index >= 15 is 0 Å². The zero-order valence-corrected chi connectivity index (χ0v) is 10.3. The van der Waals surface area contributed by atoms with Gasteiger partial charge in [-0.25, -0.2) is 4.79 Å². The lowest BCUT2D eigenvalue weighted by Gasteiger charge is -2.28. The Bertz CT molecular complexity index is 248. The minimum absolute atomic E-state index is 0.242. The molecule has 0 aromatic heterocycles. The standard InChI is InChI=1S/C11H20O4/c1-7-8(12)14-11(5,6)9(13)15-10(2,3)4/h7H2,1-6H3. The van der Waals surface area contributed by atoms with E-state index in [-0.39, 0.29) is 6.42 Å². The third kappa shape index (κ3) is 5.40. The van der Waals surface area contributed by atoms with Crippen molar-refractivity contribution in [3.63, 3.8) is 0 Å². The molecular weight excluding hydrogens is 196 g/mol. The third-order valence-corrected chi connectivity index (χ3v) is 1.55. The summed E-state index contributed by atoms with van der Waals surface area (Å²) in [6.07, 6.45) is 0.242. The Morgan fingerprint density at radius 2 is 1.47 bits per heavy atom. The lowest BCUT2D eigenvalue weighted by molar-refractivity contribution is -0.186. The van der Waals surface area contributed by atoms with Crippen LogP contribution in [0.25, 0.3) is 0 Å². The maximum atomic E-state index is 11.6. The molecule has 0 rings (SSSR count). The fourth-order valence-electron chi connectivity index (χ4n) is 0.799. The molecular formula is C11H20O4. The summed E-state index contributed by atoms with van der Waals surface area (Å²) in [4.78, 5) is 22.7. The van der Waals surface area contributed by atoms with E-state index < -0.39 is 23.1 Å². The Morgan fingerprint density at radius 1 is 1.00 bits per heavy atom. The Balaban J connectivity index is 4.46. The lowest BCUT2D eigenvalue weighted by Crippen LogP contribution is -2.42. The van der Waals surface area contributed by atoms with Gasteiger partial charge in [-0.3, -0.25) is 4.79 Å². The predicted molar refractivity (Wildman–Crippen MR) is 56.3 cm³/mol. The Hall–Kier alpha value is -1.06. The van der Waals surface area contributed by atoms with Gasteiger partial charge in [-0.05, 0) is 34.6 Å². The van der Waals surface area contributed by atoms with Crippen LogP contribution >= 0.6 is 0 Å². The normalized spacial score (nSPS) is 12.1. The van der Waals surface area contributed by atoms with Crippen molar-refractivity contribution in [1.82, 2.24) is 0 Å². The monoisotopic (exact) mass is 216 g/mol. The first-order chi connectivity index (χ1) is 6.58. The summed E-state index contributed by atoms with van der Waals surface area (Å²) >= 11 is 0. The summed E-state index contributed by atoms with van der Waals surface area (Å²) in [5.41, 5.74) is -1.80. The van der Waals surface area contributed by atoms with E-state index in [4.69, 9.17) is 9.47 Å². The number of hydrogen-bond donors (Lipinski definition) is 0. The first-order valence-corrected chi connectivity index (χ1v) is 5.04.